The Balaban J connectivity index is 1.95. The fraction of sp³-hybridized carbons (Fsp3) is 0.545. The van der Waals surface area contributed by atoms with Gasteiger partial charge in [0.25, 0.3) is 0 Å². The number of hydrogen-bond acceptors (Lipinski definition) is 0. The van der Waals surface area contributed by atoms with Crippen LogP contribution in [0.1, 0.15) is 39.0 Å². The zero-order valence-corrected chi connectivity index (χ0v) is 7.19. The lowest BCUT2D eigenvalue weighted by Gasteiger charge is -1.95. The number of rotatable bonds is 5. The molecule has 11 heavy (non-hydrogen) atoms. The summed E-state index contributed by atoms with van der Waals surface area (Å²) in [5, 5.41) is 0. The second-order valence-electron chi connectivity index (χ2n) is 3.00. The Morgan fingerprint density at radius 2 is 2.27 bits per heavy atom. The lowest BCUT2D eigenvalue weighted by Crippen LogP contribution is -1.80. The lowest BCUT2D eigenvalue weighted by molar-refractivity contribution is 0.819. The van der Waals surface area contributed by atoms with Crippen LogP contribution in [0.2, 0.25) is 0 Å². The van der Waals surface area contributed by atoms with E-state index in [4.69, 9.17) is 6.42 Å². The van der Waals surface area contributed by atoms with Gasteiger partial charge in [-0.05, 0) is 19.3 Å². The molecule has 0 N–H and O–H groups in total. The van der Waals surface area contributed by atoms with Gasteiger partial charge in [0.1, 0.15) is 0 Å². The maximum absolute atomic E-state index is 5.15. The first-order valence-corrected chi connectivity index (χ1v) is 4.38. The van der Waals surface area contributed by atoms with Crippen molar-refractivity contribution in [3.8, 4) is 12.3 Å². The quantitative estimate of drug-likeness (QED) is 0.414. The summed E-state index contributed by atoms with van der Waals surface area (Å²) in [5.74, 6) is 4.23. The molecule has 0 aromatic carbocycles. The van der Waals surface area contributed by atoms with Crippen LogP contribution in [-0.4, -0.2) is 0 Å². The highest BCUT2D eigenvalue weighted by molar-refractivity contribution is 5.50. The predicted molar refractivity (Wildman–Crippen MR) is 48.9 cm³/mol. The van der Waals surface area contributed by atoms with E-state index in [9.17, 15) is 0 Å². The van der Waals surface area contributed by atoms with Crippen molar-refractivity contribution < 1.29 is 0 Å². The van der Waals surface area contributed by atoms with E-state index >= 15 is 0 Å². The molecule has 0 aliphatic heterocycles. The van der Waals surface area contributed by atoms with Crippen LogP contribution in [0.4, 0.5) is 0 Å². The number of terminal acetylenes is 1. The molecule has 1 aliphatic rings. The number of unbranched alkanes of at least 4 members (excludes halogenated alkanes) is 1. The van der Waals surface area contributed by atoms with Gasteiger partial charge in [-0.1, -0.05) is 25.0 Å². The Labute approximate surface area is 69.7 Å². The molecule has 0 bridgehead atoms. The summed E-state index contributed by atoms with van der Waals surface area (Å²) in [6, 6.07) is 0. The zero-order chi connectivity index (χ0) is 8.10. The third-order valence-corrected chi connectivity index (χ3v) is 1.96. The summed E-state index contributed by atoms with van der Waals surface area (Å²) < 4.78 is 0. The maximum Gasteiger partial charge on any atom is 0.0223 e. The van der Waals surface area contributed by atoms with E-state index < -0.39 is 0 Å². The number of hydrogen-bond donors (Lipinski definition) is 0. The standard InChI is InChI=1S/C11H15/c1-3-5-6-8-11-9-10(11)7-4-2/h1,9H,4-8H2,2H3. The van der Waals surface area contributed by atoms with Gasteiger partial charge < -0.3 is 0 Å². The van der Waals surface area contributed by atoms with Crippen LogP contribution >= 0.6 is 0 Å². The highest BCUT2D eigenvalue weighted by Crippen LogP contribution is 2.38. The average molecular weight is 147 g/mol. The van der Waals surface area contributed by atoms with Gasteiger partial charge in [0.05, 0.1) is 0 Å². The molecule has 1 aliphatic carbocycles. The number of allylic oxidation sites excluding steroid dienone is 2. The molecule has 59 valence electrons. The highest BCUT2D eigenvalue weighted by Gasteiger charge is 2.22. The fourth-order valence-electron chi connectivity index (χ4n) is 1.29. The van der Waals surface area contributed by atoms with Crippen LogP contribution < -0.4 is 0 Å². The van der Waals surface area contributed by atoms with E-state index in [0.717, 1.165) is 12.8 Å². The van der Waals surface area contributed by atoms with Crippen molar-refractivity contribution >= 4 is 0 Å². The average Bonchev–Trinajstić information content (AvgIpc) is 2.70. The minimum Gasteiger partial charge on any atom is -0.120 e. The molecule has 0 amide bonds. The lowest BCUT2D eigenvalue weighted by atomic mass is 10.1. The molecule has 0 fully saturated rings. The van der Waals surface area contributed by atoms with Crippen molar-refractivity contribution in [2.75, 3.05) is 0 Å². The van der Waals surface area contributed by atoms with Crippen LogP contribution in [0, 0.1) is 18.3 Å². The molecule has 0 aromatic heterocycles. The molecular weight excluding hydrogens is 132 g/mol. The highest BCUT2D eigenvalue weighted by atomic mass is 14.3. The van der Waals surface area contributed by atoms with Crippen molar-refractivity contribution in [2.24, 2.45) is 0 Å². The molecule has 0 aromatic rings. The summed E-state index contributed by atoms with van der Waals surface area (Å²) in [6.45, 7) is 2.22. The minimum atomic E-state index is 0.927. The normalized spacial score (nSPS) is 15.8. The summed E-state index contributed by atoms with van der Waals surface area (Å²) >= 11 is 0. The summed E-state index contributed by atoms with van der Waals surface area (Å²) in [6.07, 6.45) is 13.3. The van der Waals surface area contributed by atoms with Crippen LogP contribution in [0.5, 0.6) is 0 Å². The van der Waals surface area contributed by atoms with E-state index in [1.54, 1.807) is 11.5 Å². The van der Waals surface area contributed by atoms with Gasteiger partial charge >= 0.3 is 0 Å². The Hall–Kier alpha value is -0.700. The maximum atomic E-state index is 5.15. The fourth-order valence-corrected chi connectivity index (χ4v) is 1.29. The van der Waals surface area contributed by atoms with Crippen molar-refractivity contribution in [1.29, 1.82) is 0 Å². The van der Waals surface area contributed by atoms with Gasteiger partial charge in [0.2, 0.25) is 0 Å². The van der Waals surface area contributed by atoms with Gasteiger partial charge in [0.15, 0.2) is 0 Å². The molecule has 0 heterocycles. The summed E-state index contributed by atoms with van der Waals surface area (Å²) in [4.78, 5) is 0. The monoisotopic (exact) mass is 147 g/mol. The third-order valence-electron chi connectivity index (χ3n) is 1.96. The second-order valence-corrected chi connectivity index (χ2v) is 3.00. The SMILES string of the molecule is C#CCCC[C]1C=C1CCC. The van der Waals surface area contributed by atoms with Crippen molar-refractivity contribution in [1.82, 2.24) is 0 Å². The van der Waals surface area contributed by atoms with E-state index in [0.29, 0.717) is 0 Å². The van der Waals surface area contributed by atoms with Gasteiger partial charge in [-0.15, -0.1) is 12.3 Å². The van der Waals surface area contributed by atoms with Gasteiger partial charge in [-0.3, -0.25) is 0 Å². The largest absolute Gasteiger partial charge is 0.120 e. The molecule has 0 atom stereocenters. The van der Waals surface area contributed by atoms with E-state index in [-0.39, 0.29) is 0 Å². The molecule has 1 rings (SSSR count). The molecule has 0 saturated carbocycles. The van der Waals surface area contributed by atoms with E-state index in [2.05, 4.69) is 18.9 Å². The Morgan fingerprint density at radius 3 is 2.91 bits per heavy atom. The van der Waals surface area contributed by atoms with Gasteiger partial charge in [-0.2, -0.15) is 0 Å². The smallest absolute Gasteiger partial charge is 0.0223 e. The van der Waals surface area contributed by atoms with Crippen molar-refractivity contribution in [3.05, 3.63) is 17.6 Å². The summed E-state index contributed by atoms with van der Waals surface area (Å²) in [7, 11) is 0. The predicted octanol–water partition coefficient (Wildman–Crippen LogP) is 3.10. The van der Waals surface area contributed by atoms with Crippen LogP contribution in [0.25, 0.3) is 0 Å². The van der Waals surface area contributed by atoms with E-state index in [1.165, 1.54) is 19.3 Å². The second kappa shape index (κ2) is 4.23. The molecule has 1 radical (unpaired) electrons. The Kier molecular flexibility index (Phi) is 3.23. The Morgan fingerprint density at radius 1 is 1.45 bits per heavy atom. The first-order valence-electron chi connectivity index (χ1n) is 4.38. The zero-order valence-electron chi connectivity index (χ0n) is 7.19. The van der Waals surface area contributed by atoms with Crippen LogP contribution in [0.3, 0.4) is 0 Å². The molecule has 0 heteroatoms. The third kappa shape index (κ3) is 2.80. The molecule has 0 spiro atoms. The van der Waals surface area contributed by atoms with Crippen LogP contribution in [0.15, 0.2) is 11.6 Å². The van der Waals surface area contributed by atoms with Crippen molar-refractivity contribution in [3.63, 3.8) is 0 Å². The van der Waals surface area contributed by atoms with Crippen LogP contribution in [-0.2, 0) is 0 Å². The summed E-state index contributed by atoms with van der Waals surface area (Å²) in [5.41, 5.74) is 1.59. The van der Waals surface area contributed by atoms with Gasteiger partial charge in [-0.25, -0.2) is 0 Å². The topological polar surface area (TPSA) is 0 Å². The first-order chi connectivity index (χ1) is 5.38. The molecule has 0 unspecified atom stereocenters. The molecule has 0 saturated heterocycles. The minimum absolute atomic E-state index is 0.927. The molecular formula is C11H15. The van der Waals surface area contributed by atoms with Gasteiger partial charge in [0, 0.05) is 12.3 Å². The first kappa shape index (κ1) is 8.40. The van der Waals surface area contributed by atoms with E-state index in [1.807, 2.05) is 0 Å². The molecule has 0 nitrogen and oxygen atoms in total. The van der Waals surface area contributed by atoms with Crippen molar-refractivity contribution in [2.45, 2.75) is 39.0 Å². The Bertz CT molecular complexity index is 181.